The summed E-state index contributed by atoms with van der Waals surface area (Å²) in [6, 6.07) is 15.1. The predicted molar refractivity (Wildman–Crippen MR) is 86.7 cm³/mol. The highest BCUT2D eigenvalue weighted by Gasteiger charge is 2.01. The standard InChI is InChI=1S/C19H18O3/c1-14-3-8-17(9-4-14)18(13-20)10-5-16-6-11-19(12-7-16)22-15(2)21/h3-4,6-13H,5H2,1-2H3/b18-10-. The molecule has 0 radical (unpaired) electrons. The number of aryl methyl sites for hydroxylation is 1. The van der Waals surface area contributed by atoms with Crippen molar-refractivity contribution in [2.75, 3.05) is 0 Å². The maximum absolute atomic E-state index is 11.3. The topological polar surface area (TPSA) is 43.4 Å². The van der Waals surface area contributed by atoms with E-state index in [-0.39, 0.29) is 5.97 Å². The molecule has 2 aromatic carbocycles. The minimum Gasteiger partial charge on any atom is -0.427 e. The first-order valence-corrected chi connectivity index (χ1v) is 7.08. The molecule has 2 aromatic rings. The number of benzene rings is 2. The van der Waals surface area contributed by atoms with Crippen molar-refractivity contribution in [1.82, 2.24) is 0 Å². The van der Waals surface area contributed by atoms with Crippen molar-refractivity contribution >= 4 is 17.8 Å². The van der Waals surface area contributed by atoms with Crippen LogP contribution in [0.15, 0.2) is 54.6 Å². The Labute approximate surface area is 130 Å². The lowest BCUT2D eigenvalue weighted by molar-refractivity contribution is -0.131. The average molecular weight is 294 g/mol. The van der Waals surface area contributed by atoms with E-state index in [4.69, 9.17) is 4.74 Å². The molecule has 0 aliphatic carbocycles. The molecule has 0 saturated carbocycles. The van der Waals surface area contributed by atoms with Crippen molar-refractivity contribution in [3.8, 4) is 5.75 Å². The molecule has 0 aromatic heterocycles. The fourth-order valence-electron chi connectivity index (χ4n) is 2.07. The van der Waals surface area contributed by atoms with Gasteiger partial charge in [0.2, 0.25) is 0 Å². The maximum atomic E-state index is 11.3. The van der Waals surface area contributed by atoms with Gasteiger partial charge in [-0.2, -0.15) is 0 Å². The van der Waals surface area contributed by atoms with Gasteiger partial charge in [0.1, 0.15) is 12.0 Å². The molecule has 0 fully saturated rings. The monoisotopic (exact) mass is 294 g/mol. The van der Waals surface area contributed by atoms with Gasteiger partial charge < -0.3 is 4.74 Å². The van der Waals surface area contributed by atoms with E-state index in [1.807, 2.05) is 49.4 Å². The van der Waals surface area contributed by atoms with E-state index in [1.165, 1.54) is 6.92 Å². The molecule has 0 atom stereocenters. The predicted octanol–water partition coefficient (Wildman–Crippen LogP) is 3.75. The molecule has 0 saturated heterocycles. The lowest BCUT2D eigenvalue weighted by atomic mass is 10.0. The Balaban J connectivity index is 2.10. The van der Waals surface area contributed by atoms with Gasteiger partial charge in [0.05, 0.1) is 0 Å². The highest BCUT2D eigenvalue weighted by molar-refractivity contribution is 6.06. The molecule has 2 rings (SSSR count). The summed E-state index contributed by atoms with van der Waals surface area (Å²) in [6.07, 6.45) is 3.42. The number of hydrogen-bond donors (Lipinski definition) is 0. The van der Waals surface area contributed by atoms with Crippen molar-refractivity contribution < 1.29 is 14.3 Å². The van der Waals surface area contributed by atoms with Crippen molar-refractivity contribution in [1.29, 1.82) is 0 Å². The molecular weight excluding hydrogens is 276 g/mol. The van der Waals surface area contributed by atoms with E-state index in [9.17, 15) is 9.59 Å². The second kappa shape index (κ2) is 7.36. The van der Waals surface area contributed by atoms with Crippen LogP contribution < -0.4 is 4.74 Å². The summed E-state index contributed by atoms with van der Waals surface area (Å²) in [5.74, 6) is 0.185. The average Bonchev–Trinajstić information content (AvgIpc) is 2.50. The SMILES string of the molecule is CC(=O)Oc1ccc(C/C=C(/C=O)c2ccc(C)cc2)cc1. The van der Waals surface area contributed by atoms with Crippen LogP contribution in [0.1, 0.15) is 23.6 Å². The van der Waals surface area contributed by atoms with Crippen LogP contribution in [0.4, 0.5) is 0 Å². The third-order valence-corrected chi connectivity index (χ3v) is 3.25. The summed E-state index contributed by atoms with van der Waals surface area (Å²) in [5.41, 5.74) is 3.79. The second-order valence-electron chi connectivity index (χ2n) is 5.09. The first kappa shape index (κ1) is 15.7. The lowest BCUT2D eigenvalue weighted by Crippen LogP contribution is -2.01. The zero-order valence-corrected chi connectivity index (χ0v) is 12.7. The van der Waals surface area contributed by atoms with E-state index in [0.717, 1.165) is 23.0 Å². The molecule has 3 heteroatoms. The summed E-state index contributed by atoms with van der Waals surface area (Å²) in [7, 11) is 0. The molecule has 3 nitrogen and oxygen atoms in total. The quantitative estimate of drug-likeness (QED) is 0.365. The largest absolute Gasteiger partial charge is 0.427 e. The highest BCUT2D eigenvalue weighted by Crippen LogP contribution is 2.17. The summed E-state index contributed by atoms with van der Waals surface area (Å²) < 4.78 is 4.99. The van der Waals surface area contributed by atoms with E-state index in [1.54, 1.807) is 12.1 Å². The molecule has 0 aliphatic heterocycles. The number of hydrogen-bond acceptors (Lipinski definition) is 3. The zero-order valence-electron chi connectivity index (χ0n) is 12.7. The summed E-state index contributed by atoms with van der Waals surface area (Å²) in [5, 5.41) is 0. The van der Waals surface area contributed by atoms with Gasteiger partial charge in [0.25, 0.3) is 0 Å². The summed E-state index contributed by atoms with van der Waals surface area (Å²) >= 11 is 0. The third kappa shape index (κ3) is 4.42. The number of rotatable bonds is 5. The summed E-state index contributed by atoms with van der Waals surface area (Å²) in [4.78, 5) is 22.1. The van der Waals surface area contributed by atoms with E-state index in [2.05, 4.69) is 0 Å². The summed E-state index contributed by atoms with van der Waals surface area (Å²) in [6.45, 7) is 3.38. The molecule has 0 aliphatic rings. The Bertz CT molecular complexity index is 680. The molecule has 0 unspecified atom stereocenters. The van der Waals surface area contributed by atoms with Gasteiger partial charge >= 0.3 is 5.97 Å². The van der Waals surface area contributed by atoms with Gasteiger partial charge in [-0.15, -0.1) is 0 Å². The minimum atomic E-state index is -0.338. The van der Waals surface area contributed by atoms with Crippen molar-refractivity contribution in [3.63, 3.8) is 0 Å². The van der Waals surface area contributed by atoms with Gasteiger partial charge in [-0.1, -0.05) is 48.0 Å². The number of allylic oxidation sites excluding steroid dienone is 2. The smallest absolute Gasteiger partial charge is 0.308 e. The lowest BCUT2D eigenvalue weighted by Gasteiger charge is -2.04. The van der Waals surface area contributed by atoms with Gasteiger partial charge in [-0.3, -0.25) is 9.59 Å². The molecule has 112 valence electrons. The van der Waals surface area contributed by atoms with Crippen molar-refractivity contribution in [2.45, 2.75) is 20.3 Å². The van der Waals surface area contributed by atoms with Gasteiger partial charge in [-0.05, 0) is 36.6 Å². The Morgan fingerprint density at radius 2 is 1.68 bits per heavy atom. The molecule has 0 heterocycles. The fraction of sp³-hybridized carbons (Fsp3) is 0.158. The van der Waals surface area contributed by atoms with Gasteiger partial charge in [0.15, 0.2) is 0 Å². The molecule has 0 spiro atoms. The third-order valence-electron chi connectivity index (χ3n) is 3.25. The van der Waals surface area contributed by atoms with Crippen LogP contribution in [0.25, 0.3) is 5.57 Å². The molecule has 0 bridgehead atoms. The Hall–Kier alpha value is -2.68. The maximum Gasteiger partial charge on any atom is 0.308 e. The van der Waals surface area contributed by atoms with Gasteiger partial charge in [-0.25, -0.2) is 0 Å². The second-order valence-corrected chi connectivity index (χ2v) is 5.09. The van der Waals surface area contributed by atoms with Gasteiger partial charge in [0, 0.05) is 12.5 Å². The zero-order chi connectivity index (χ0) is 15.9. The first-order chi connectivity index (χ1) is 10.6. The molecule has 0 N–H and O–H groups in total. The van der Waals surface area contributed by atoms with Crippen LogP contribution in [0, 0.1) is 6.92 Å². The van der Waals surface area contributed by atoms with Crippen LogP contribution >= 0.6 is 0 Å². The number of ether oxygens (including phenoxy) is 1. The van der Waals surface area contributed by atoms with Crippen LogP contribution in [-0.2, 0) is 16.0 Å². The fourth-order valence-corrected chi connectivity index (χ4v) is 2.07. The number of carbonyl (C=O) groups is 2. The Kier molecular flexibility index (Phi) is 5.26. The van der Waals surface area contributed by atoms with Crippen molar-refractivity contribution in [3.05, 3.63) is 71.3 Å². The van der Waals surface area contributed by atoms with Crippen LogP contribution in [0.5, 0.6) is 5.75 Å². The normalized spacial score (nSPS) is 11.1. The molecular formula is C19H18O3. The van der Waals surface area contributed by atoms with E-state index in [0.29, 0.717) is 17.7 Å². The molecule has 0 amide bonds. The Morgan fingerprint density at radius 1 is 1.05 bits per heavy atom. The minimum absolute atomic E-state index is 0.338. The number of esters is 1. The van der Waals surface area contributed by atoms with Crippen LogP contribution in [0.3, 0.4) is 0 Å². The van der Waals surface area contributed by atoms with E-state index < -0.39 is 0 Å². The molecule has 22 heavy (non-hydrogen) atoms. The van der Waals surface area contributed by atoms with Crippen molar-refractivity contribution in [2.24, 2.45) is 0 Å². The first-order valence-electron chi connectivity index (χ1n) is 7.08. The highest BCUT2D eigenvalue weighted by atomic mass is 16.5. The Morgan fingerprint density at radius 3 is 2.23 bits per heavy atom. The number of aldehydes is 1. The number of carbonyl (C=O) groups excluding carboxylic acids is 2. The van der Waals surface area contributed by atoms with E-state index >= 15 is 0 Å². The van der Waals surface area contributed by atoms with Crippen LogP contribution in [0.2, 0.25) is 0 Å². The van der Waals surface area contributed by atoms with Crippen LogP contribution in [-0.4, -0.2) is 12.3 Å².